The monoisotopic (exact) mass is 291 g/mol. The quantitative estimate of drug-likeness (QED) is 0.809. The number of hydrogen-bond donors (Lipinski definition) is 0. The highest BCUT2D eigenvalue weighted by molar-refractivity contribution is 9.10. The van der Waals surface area contributed by atoms with Crippen molar-refractivity contribution in [2.24, 2.45) is 0 Å². The summed E-state index contributed by atoms with van der Waals surface area (Å²) in [5, 5.41) is 0. The largest absolute Gasteiger partial charge is 0.438 e. The molecule has 17 heavy (non-hydrogen) atoms. The van der Waals surface area contributed by atoms with E-state index in [0.717, 1.165) is 21.3 Å². The molecule has 0 radical (unpaired) electrons. The van der Waals surface area contributed by atoms with Gasteiger partial charge in [0, 0.05) is 6.20 Å². The van der Waals surface area contributed by atoms with E-state index in [1.165, 1.54) is 5.56 Å². The Balaban J connectivity index is 2.35. The molecule has 0 N–H and O–H groups in total. The third-order valence-electron chi connectivity index (χ3n) is 2.71. The summed E-state index contributed by atoms with van der Waals surface area (Å²) in [5.74, 6) is 1.45. The lowest BCUT2D eigenvalue weighted by Crippen LogP contribution is -1.93. The Morgan fingerprint density at radius 1 is 1.18 bits per heavy atom. The zero-order chi connectivity index (χ0) is 12.4. The maximum atomic E-state index is 5.82. The molecule has 2 aromatic rings. The van der Waals surface area contributed by atoms with Crippen LogP contribution in [-0.4, -0.2) is 4.98 Å². The molecule has 2 nitrogen and oxygen atoms in total. The lowest BCUT2D eigenvalue weighted by Gasteiger charge is -2.11. The van der Waals surface area contributed by atoms with Crippen LogP contribution < -0.4 is 4.74 Å². The molecule has 0 saturated heterocycles. The fourth-order valence-electron chi connectivity index (χ4n) is 1.54. The van der Waals surface area contributed by atoms with Crippen molar-refractivity contribution in [2.75, 3.05) is 0 Å². The topological polar surface area (TPSA) is 22.1 Å². The van der Waals surface area contributed by atoms with E-state index in [1.807, 2.05) is 32.0 Å². The van der Waals surface area contributed by atoms with Crippen LogP contribution in [0.1, 0.15) is 16.7 Å². The maximum absolute atomic E-state index is 5.82. The molecule has 1 aromatic carbocycles. The second kappa shape index (κ2) is 4.88. The molecular formula is C14H14BrNO. The number of halogens is 1. The number of benzene rings is 1. The normalized spacial score (nSPS) is 10.4. The van der Waals surface area contributed by atoms with Crippen molar-refractivity contribution in [1.82, 2.24) is 4.98 Å². The summed E-state index contributed by atoms with van der Waals surface area (Å²) in [6.45, 7) is 6.12. The first-order chi connectivity index (χ1) is 8.08. The molecule has 1 heterocycles. The lowest BCUT2D eigenvalue weighted by molar-refractivity contribution is 0.455. The van der Waals surface area contributed by atoms with Crippen molar-refractivity contribution < 1.29 is 4.74 Å². The predicted octanol–water partition coefficient (Wildman–Crippen LogP) is 4.56. The standard InChI is InChI=1S/C14H14BrNO/c1-9-7-12(15)14(16-8-9)17-13-6-4-5-10(2)11(13)3/h4-8H,1-3H3. The number of nitrogens with zero attached hydrogens (tertiary/aromatic N) is 1. The molecule has 1 aromatic heterocycles. The van der Waals surface area contributed by atoms with E-state index in [-0.39, 0.29) is 0 Å². The van der Waals surface area contributed by atoms with Gasteiger partial charge in [-0.2, -0.15) is 0 Å². The molecule has 0 atom stereocenters. The first-order valence-electron chi connectivity index (χ1n) is 5.44. The molecular weight excluding hydrogens is 278 g/mol. The van der Waals surface area contributed by atoms with Gasteiger partial charge in [-0.3, -0.25) is 0 Å². The van der Waals surface area contributed by atoms with Crippen LogP contribution in [0.2, 0.25) is 0 Å². The maximum Gasteiger partial charge on any atom is 0.233 e. The molecule has 0 saturated carbocycles. The van der Waals surface area contributed by atoms with Gasteiger partial charge < -0.3 is 4.74 Å². The van der Waals surface area contributed by atoms with Gasteiger partial charge in [0.05, 0.1) is 4.47 Å². The van der Waals surface area contributed by atoms with Crippen LogP contribution in [0.25, 0.3) is 0 Å². The van der Waals surface area contributed by atoms with Gasteiger partial charge in [0.15, 0.2) is 0 Å². The van der Waals surface area contributed by atoms with Gasteiger partial charge >= 0.3 is 0 Å². The molecule has 0 spiro atoms. The first-order valence-corrected chi connectivity index (χ1v) is 6.23. The van der Waals surface area contributed by atoms with Gasteiger partial charge in [-0.05, 0) is 65.5 Å². The highest BCUT2D eigenvalue weighted by atomic mass is 79.9. The van der Waals surface area contributed by atoms with Gasteiger partial charge in [-0.25, -0.2) is 4.98 Å². The summed E-state index contributed by atoms with van der Waals surface area (Å²) in [6, 6.07) is 8.00. The Morgan fingerprint density at radius 3 is 2.65 bits per heavy atom. The fraction of sp³-hybridized carbons (Fsp3) is 0.214. The molecule has 0 aliphatic carbocycles. The number of rotatable bonds is 2. The molecule has 88 valence electrons. The average molecular weight is 292 g/mol. The SMILES string of the molecule is Cc1cnc(Oc2cccc(C)c2C)c(Br)c1. The van der Waals surface area contributed by atoms with Crippen molar-refractivity contribution in [1.29, 1.82) is 0 Å². The summed E-state index contributed by atoms with van der Waals surface area (Å²) >= 11 is 3.46. The van der Waals surface area contributed by atoms with Crippen LogP contribution >= 0.6 is 15.9 Å². The van der Waals surface area contributed by atoms with Crippen molar-refractivity contribution in [3.63, 3.8) is 0 Å². The van der Waals surface area contributed by atoms with E-state index in [2.05, 4.69) is 33.9 Å². The van der Waals surface area contributed by atoms with Crippen molar-refractivity contribution >= 4 is 15.9 Å². The van der Waals surface area contributed by atoms with Crippen molar-refractivity contribution in [3.05, 3.63) is 51.6 Å². The minimum absolute atomic E-state index is 0.601. The van der Waals surface area contributed by atoms with E-state index in [4.69, 9.17) is 4.74 Å². The summed E-state index contributed by atoms with van der Waals surface area (Å²) < 4.78 is 6.69. The minimum atomic E-state index is 0.601. The highest BCUT2D eigenvalue weighted by Gasteiger charge is 2.07. The fourth-order valence-corrected chi connectivity index (χ4v) is 2.08. The molecule has 0 amide bonds. The van der Waals surface area contributed by atoms with E-state index >= 15 is 0 Å². The molecule has 0 aliphatic heterocycles. The van der Waals surface area contributed by atoms with Gasteiger partial charge in [0.1, 0.15) is 5.75 Å². The van der Waals surface area contributed by atoms with Crippen LogP contribution in [0.3, 0.4) is 0 Å². The number of aryl methyl sites for hydroxylation is 2. The van der Waals surface area contributed by atoms with Crippen LogP contribution in [0, 0.1) is 20.8 Å². The van der Waals surface area contributed by atoms with Gasteiger partial charge in [-0.1, -0.05) is 12.1 Å². The molecule has 0 unspecified atom stereocenters. The van der Waals surface area contributed by atoms with E-state index in [1.54, 1.807) is 6.20 Å². The van der Waals surface area contributed by atoms with Gasteiger partial charge in [-0.15, -0.1) is 0 Å². The number of hydrogen-bond acceptors (Lipinski definition) is 2. The van der Waals surface area contributed by atoms with Crippen LogP contribution in [0.5, 0.6) is 11.6 Å². The summed E-state index contributed by atoms with van der Waals surface area (Å²) in [6.07, 6.45) is 1.80. The van der Waals surface area contributed by atoms with E-state index < -0.39 is 0 Å². The minimum Gasteiger partial charge on any atom is -0.438 e. The molecule has 0 bridgehead atoms. The third kappa shape index (κ3) is 2.67. The Hall–Kier alpha value is -1.35. The summed E-state index contributed by atoms with van der Waals surface area (Å²) in [7, 11) is 0. The smallest absolute Gasteiger partial charge is 0.233 e. The zero-order valence-electron chi connectivity index (χ0n) is 10.1. The predicted molar refractivity (Wildman–Crippen MR) is 72.7 cm³/mol. The summed E-state index contributed by atoms with van der Waals surface area (Å²) in [4.78, 5) is 4.27. The van der Waals surface area contributed by atoms with Crippen molar-refractivity contribution in [2.45, 2.75) is 20.8 Å². The molecule has 3 heteroatoms. The highest BCUT2D eigenvalue weighted by Crippen LogP contribution is 2.30. The first kappa shape index (κ1) is 12.1. The van der Waals surface area contributed by atoms with E-state index in [0.29, 0.717) is 5.88 Å². The summed E-state index contributed by atoms with van der Waals surface area (Å²) in [5.41, 5.74) is 3.46. The number of aromatic nitrogens is 1. The Kier molecular flexibility index (Phi) is 3.48. The lowest BCUT2D eigenvalue weighted by atomic mass is 10.1. The Labute approximate surface area is 110 Å². The Bertz CT molecular complexity index is 552. The average Bonchev–Trinajstić information content (AvgIpc) is 2.28. The third-order valence-corrected chi connectivity index (χ3v) is 3.27. The van der Waals surface area contributed by atoms with Gasteiger partial charge in [0.25, 0.3) is 0 Å². The Morgan fingerprint density at radius 2 is 1.94 bits per heavy atom. The second-order valence-electron chi connectivity index (χ2n) is 4.10. The molecule has 0 fully saturated rings. The number of pyridine rings is 1. The second-order valence-corrected chi connectivity index (χ2v) is 4.95. The van der Waals surface area contributed by atoms with Crippen LogP contribution in [0.4, 0.5) is 0 Å². The van der Waals surface area contributed by atoms with Crippen LogP contribution in [0.15, 0.2) is 34.9 Å². The molecule has 2 rings (SSSR count). The number of ether oxygens (including phenoxy) is 1. The van der Waals surface area contributed by atoms with Crippen molar-refractivity contribution in [3.8, 4) is 11.6 Å². The van der Waals surface area contributed by atoms with Crippen LogP contribution in [-0.2, 0) is 0 Å². The zero-order valence-corrected chi connectivity index (χ0v) is 11.7. The van der Waals surface area contributed by atoms with E-state index in [9.17, 15) is 0 Å². The van der Waals surface area contributed by atoms with Gasteiger partial charge in [0.2, 0.25) is 5.88 Å². The molecule has 0 aliphatic rings.